The second-order valence-corrected chi connectivity index (χ2v) is 7.25. The predicted molar refractivity (Wildman–Crippen MR) is 102 cm³/mol. The molecule has 0 radical (unpaired) electrons. The summed E-state index contributed by atoms with van der Waals surface area (Å²) in [5.41, 5.74) is 12.8. The Bertz CT molecular complexity index is 595. The summed E-state index contributed by atoms with van der Waals surface area (Å²) in [6.45, 7) is 2.22. The lowest BCUT2D eigenvalue weighted by atomic mass is 9.74. The molecule has 1 fully saturated rings. The van der Waals surface area contributed by atoms with Gasteiger partial charge in [-0.1, -0.05) is 58.3 Å². The van der Waals surface area contributed by atoms with Crippen LogP contribution in [0.1, 0.15) is 76.7 Å². The molecule has 0 aliphatic carbocycles. The summed E-state index contributed by atoms with van der Waals surface area (Å²) in [4.78, 5) is 24.4. The first-order valence-electron chi connectivity index (χ1n) is 9.49. The lowest BCUT2D eigenvalue weighted by Gasteiger charge is -2.26. The number of imide groups is 1. The van der Waals surface area contributed by atoms with Gasteiger partial charge in [0.25, 0.3) is 0 Å². The highest BCUT2D eigenvalue weighted by Gasteiger charge is 2.47. The molecule has 5 N–H and O–H groups in total. The van der Waals surface area contributed by atoms with Gasteiger partial charge in [0.05, 0.1) is 5.41 Å². The molecule has 0 bridgehead atoms. The van der Waals surface area contributed by atoms with Crippen LogP contribution in [0.2, 0.25) is 0 Å². The molecular weight excluding hydrogens is 314 g/mol. The number of nitrogens with two attached hydrogens (primary N) is 2. The standard InChI is InChI=1S/C20H31N3O2/c1-2-3-4-5-6-7-8-9-10-20(14-18(24)23-19(20)25)15-11-16(21)13-17(22)12-15/h11-13H,2-10,14,21-22H2,1H3,(H,23,24,25). The number of benzene rings is 1. The molecule has 25 heavy (non-hydrogen) atoms. The third-order valence-corrected chi connectivity index (χ3v) is 5.14. The van der Waals surface area contributed by atoms with Gasteiger partial charge in [-0.2, -0.15) is 0 Å². The van der Waals surface area contributed by atoms with Gasteiger partial charge in [-0.05, 0) is 30.2 Å². The van der Waals surface area contributed by atoms with Crippen LogP contribution in [0, 0.1) is 0 Å². The SMILES string of the molecule is CCCCCCCCCCC1(c2cc(N)cc(N)c2)CC(=O)NC1=O. The third kappa shape index (κ3) is 4.97. The van der Waals surface area contributed by atoms with E-state index < -0.39 is 5.41 Å². The molecule has 1 aromatic carbocycles. The van der Waals surface area contributed by atoms with Crippen LogP contribution >= 0.6 is 0 Å². The van der Waals surface area contributed by atoms with Gasteiger partial charge in [-0.25, -0.2) is 0 Å². The molecule has 0 spiro atoms. The molecule has 1 atom stereocenters. The Morgan fingerprint density at radius 1 is 0.920 bits per heavy atom. The zero-order chi connectivity index (χ0) is 18.3. The molecule has 2 amide bonds. The van der Waals surface area contributed by atoms with Crippen molar-refractivity contribution in [3.8, 4) is 0 Å². The van der Waals surface area contributed by atoms with Crippen molar-refractivity contribution in [2.75, 3.05) is 11.5 Å². The second kappa shape index (κ2) is 8.88. The lowest BCUT2D eigenvalue weighted by molar-refractivity contribution is -0.126. The number of anilines is 2. The summed E-state index contributed by atoms with van der Waals surface area (Å²) < 4.78 is 0. The Labute approximate surface area is 150 Å². The van der Waals surface area contributed by atoms with Gasteiger partial charge in [0.15, 0.2) is 0 Å². The monoisotopic (exact) mass is 345 g/mol. The summed E-state index contributed by atoms with van der Waals surface area (Å²) >= 11 is 0. The molecule has 1 aliphatic rings. The highest BCUT2D eigenvalue weighted by Crippen LogP contribution is 2.39. The van der Waals surface area contributed by atoms with Gasteiger partial charge in [-0.15, -0.1) is 0 Å². The first kappa shape index (κ1) is 19.3. The van der Waals surface area contributed by atoms with Crippen molar-refractivity contribution in [3.05, 3.63) is 23.8 Å². The average Bonchev–Trinajstić information content (AvgIpc) is 2.84. The first-order chi connectivity index (χ1) is 12.0. The molecule has 0 saturated carbocycles. The number of hydrogen-bond acceptors (Lipinski definition) is 4. The van der Waals surface area contributed by atoms with Crippen LogP contribution in [0.4, 0.5) is 11.4 Å². The average molecular weight is 345 g/mol. The maximum atomic E-state index is 12.6. The topological polar surface area (TPSA) is 98.2 Å². The van der Waals surface area contributed by atoms with E-state index in [4.69, 9.17) is 11.5 Å². The summed E-state index contributed by atoms with van der Waals surface area (Å²) in [6, 6.07) is 5.22. The molecule has 1 saturated heterocycles. The molecule has 5 nitrogen and oxygen atoms in total. The lowest BCUT2D eigenvalue weighted by Crippen LogP contribution is -2.35. The van der Waals surface area contributed by atoms with E-state index in [9.17, 15) is 9.59 Å². The van der Waals surface area contributed by atoms with Crippen molar-refractivity contribution < 1.29 is 9.59 Å². The quantitative estimate of drug-likeness (QED) is 0.342. The van der Waals surface area contributed by atoms with Gasteiger partial charge >= 0.3 is 0 Å². The number of unbranched alkanes of at least 4 members (excludes halogenated alkanes) is 7. The van der Waals surface area contributed by atoms with Crippen molar-refractivity contribution in [2.45, 2.75) is 76.5 Å². The first-order valence-corrected chi connectivity index (χ1v) is 9.49. The van der Waals surface area contributed by atoms with E-state index in [0.29, 0.717) is 17.8 Å². The number of nitrogen functional groups attached to an aromatic ring is 2. The number of hydrogen-bond donors (Lipinski definition) is 3. The van der Waals surface area contributed by atoms with Crippen LogP contribution in [0.25, 0.3) is 0 Å². The zero-order valence-electron chi connectivity index (χ0n) is 15.3. The molecule has 1 aromatic rings. The fraction of sp³-hybridized carbons (Fsp3) is 0.600. The van der Waals surface area contributed by atoms with Crippen molar-refractivity contribution in [1.82, 2.24) is 5.32 Å². The van der Waals surface area contributed by atoms with Crippen LogP contribution in [-0.2, 0) is 15.0 Å². The maximum Gasteiger partial charge on any atom is 0.237 e. The summed E-state index contributed by atoms with van der Waals surface area (Å²) in [5, 5.41) is 2.46. The Morgan fingerprint density at radius 2 is 1.48 bits per heavy atom. The minimum atomic E-state index is -0.817. The zero-order valence-corrected chi connectivity index (χ0v) is 15.3. The Morgan fingerprint density at radius 3 is 2.00 bits per heavy atom. The van der Waals surface area contributed by atoms with E-state index in [1.807, 2.05) is 0 Å². The summed E-state index contributed by atoms with van der Waals surface area (Å²) in [6.07, 6.45) is 10.4. The van der Waals surface area contributed by atoms with Crippen LogP contribution in [-0.4, -0.2) is 11.8 Å². The van der Waals surface area contributed by atoms with Crippen molar-refractivity contribution in [1.29, 1.82) is 0 Å². The molecule has 138 valence electrons. The number of nitrogens with one attached hydrogen (secondary N) is 1. The van der Waals surface area contributed by atoms with Gasteiger partial charge in [0.2, 0.25) is 11.8 Å². The van der Waals surface area contributed by atoms with Crippen LogP contribution in [0.3, 0.4) is 0 Å². The van der Waals surface area contributed by atoms with Crippen molar-refractivity contribution >= 4 is 23.2 Å². The second-order valence-electron chi connectivity index (χ2n) is 7.25. The van der Waals surface area contributed by atoms with Crippen LogP contribution in [0.15, 0.2) is 18.2 Å². The Kier molecular flexibility index (Phi) is 6.85. The van der Waals surface area contributed by atoms with Crippen LogP contribution in [0.5, 0.6) is 0 Å². The van der Waals surface area contributed by atoms with Gasteiger partial charge in [-0.3, -0.25) is 14.9 Å². The summed E-state index contributed by atoms with van der Waals surface area (Å²) in [7, 11) is 0. The summed E-state index contributed by atoms with van der Waals surface area (Å²) in [5.74, 6) is -0.434. The predicted octanol–water partition coefficient (Wildman–Crippen LogP) is 3.67. The molecule has 1 unspecified atom stereocenters. The van der Waals surface area contributed by atoms with E-state index >= 15 is 0 Å². The van der Waals surface area contributed by atoms with Gasteiger partial charge in [0, 0.05) is 17.8 Å². The van der Waals surface area contributed by atoms with Crippen LogP contribution < -0.4 is 16.8 Å². The van der Waals surface area contributed by atoms with Gasteiger partial charge in [0.1, 0.15) is 0 Å². The van der Waals surface area contributed by atoms with E-state index in [1.54, 1.807) is 18.2 Å². The smallest absolute Gasteiger partial charge is 0.237 e. The largest absolute Gasteiger partial charge is 0.399 e. The Balaban J connectivity index is 1.98. The Hall–Kier alpha value is -2.04. The van der Waals surface area contributed by atoms with Gasteiger partial charge < -0.3 is 11.5 Å². The molecule has 5 heteroatoms. The minimum absolute atomic E-state index is 0.186. The number of carbonyl (C=O) groups is 2. The third-order valence-electron chi connectivity index (χ3n) is 5.14. The number of amides is 2. The number of carbonyl (C=O) groups excluding carboxylic acids is 2. The molecule has 2 rings (SSSR count). The van der Waals surface area contributed by atoms with E-state index in [-0.39, 0.29) is 18.2 Å². The highest BCUT2D eigenvalue weighted by atomic mass is 16.2. The highest BCUT2D eigenvalue weighted by molar-refractivity contribution is 6.09. The molecular formula is C20H31N3O2. The van der Waals surface area contributed by atoms with E-state index in [2.05, 4.69) is 12.2 Å². The maximum absolute atomic E-state index is 12.6. The molecule has 1 heterocycles. The fourth-order valence-electron chi connectivity index (χ4n) is 3.74. The van der Waals surface area contributed by atoms with Crippen molar-refractivity contribution in [3.63, 3.8) is 0 Å². The minimum Gasteiger partial charge on any atom is -0.399 e. The number of rotatable bonds is 10. The fourth-order valence-corrected chi connectivity index (χ4v) is 3.74. The van der Waals surface area contributed by atoms with E-state index in [1.165, 1.54) is 38.5 Å². The van der Waals surface area contributed by atoms with Crippen molar-refractivity contribution in [2.24, 2.45) is 0 Å². The molecule has 0 aromatic heterocycles. The van der Waals surface area contributed by atoms with E-state index in [0.717, 1.165) is 18.4 Å². The molecule has 1 aliphatic heterocycles. The normalized spacial score (nSPS) is 20.0.